The van der Waals surface area contributed by atoms with E-state index in [1.807, 2.05) is 12.1 Å². The zero-order valence-electron chi connectivity index (χ0n) is 16.7. The van der Waals surface area contributed by atoms with Crippen LogP contribution in [0.5, 0.6) is 0 Å². The first-order chi connectivity index (χ1) is 13.6. The molecule has 0 radical (unpaired) electrons. The third-order valence-corrected chi connectivity index (χ3v) is 5.37. The Morgan fingerprint density at radius 2 is 2.04 bits per heavy atom. The maximum atomic E-state index is 14.2. The lowest BCUT2D eigenvalue weighted by molar-refractivity contribution is -0.127. The molecule has 0 unspecified atom stereocenters. The fourth-order valence-electron chi connectivity index (χ4n) is 3.96. The van der Waals surface area contributed by atoms with Gasteiger partial charge in [0.25, 0.3) is 0 Å². The average Bonchev–Trinajstić information content (AvgIpc) is 2.69. The number of benzene rings is 2. The highest BCUT2D eigenvalue weighted by molar-refractivity contribution is 5.79. The minimum Gasteiger partial charge on any atom is -0.383 e. The Hall–Kier alpha value is -2.24. The van der Waals surface area contributed by atoms with Gasteiger partial charge in [-0.05, 0) is 30.9 Å². The van der Waals surface area contributed by atoms with E-state index in [0.29, 0.717) is 31.8 Å². The van der Waals surface area contributed by atoms with Gasteiger partial charge in [-0.1, -0.05) is 48.0 Å². The van der Waals surface area contributed by atoms with Crippen molar-refractivity contribution in [2.24, 2.45) is 5.92 Å². The fraction of sp³-hybridized carbons (Fsp3) is 0.435. The fourth-order valence-corrected chi connectivity index (χ4v) is 3.96. The number of rotatable bonds is 7. The number of carbonyl (C=O) groups is 1. The van der Waals surface area contributed by atoms with Gasteiger partial charge in [0.15, 0.2) is 0 Å². The van der Waals surface area contributed by atoms with Crippen LogP contribution < -0.4 is 5.32 Å². The van der Waals surface area contributed by atoms with E-state index in [-0.39, 0.29) is 23.6 Å². The molecule has 2 aromatic rings. The highest BCUT2D eigenvalue weighted by atomic mass is 19.1. The molecule has 2 aromatic carbocycles. The van der Waals surface area contributed by atoms with Crippen molar-refractivity contribution in [3.63, 3.8) is 0 Å². The van der Waals surface area contributed by atoms with Crippen molar-refractivity contribution in [1.82, 2.24) is 10.2 Å². The van der Waals surface area contributed by atoms with Crippen LogP contribution in [0.15, 0.2) is 48.5 Å². The van der Waals surface area contributed by atoms with Gasteiger partial charge in [-0.3, -0.25) is 9.69 Å². The standard InChI is InChI=1S/C23H29FN2O2/c1-17-6-5-8-18(12-17)20-13-21(23(27)25-10-11-28-2)16-26(15-20)14-19-7-3-4-9-22(19)24/h3-9,12,20-21H,10-11,13-16H2,1-2H3,(H,25,27)/t20-,21+/m1/s1. The van der Waals surface area contributed by atoms with Gasteiger partial charge in [0.05, 0.1) is 12.5 Å². The van der Waals surface area contributed by atoms with Crippen LogP contribution in [-0.4, -0.2) is 44.2 Å². The molecule has 1 N–H and O–H groups in total. The third-order valence-electron chi connectivity index (χ3n) is 5.37. The molecular formula is C23H29FN2O2. The number of halogens is 1. The summed E-state index contributed by atoms with van der Waals surface area (Å²) in [5.74, 6) is -0.0179. The molecule has 0 saturated carbocycles. The largest absolute Gasteiger partial charge is 0.383 e. The van der Waals surface area contributed by atoms with Gasteiger partial charge < -0.3 is 10.1 Å². The Kier molecular flexibility index (Phi) is 7.18. The molecule has 0 aliphatic carbocycles. The normalized spacial score (nSPS) is 20.1. The lowest BCUT2D eigenvalue weighted by Crippen LogP contribution is -2.46. The summed E-state index contributed by atoms with van der Waals surface area (Å²) in [4.78, 5) is 14.9. The second-order valence-corrected chi connectivity index (χ2v) is 7.61. The smallest absolute Gasteiger partial charge is 0.224 e. The number of carbonyl (C=O) groups excluding carboxylic acids is 1. The minimum atomic E-state index is -0.193. The number of aryl methyl sites for hydroxylation is 1. The minimum absolute atomic E-state index is 0.0490. The van der Waals surface area contributed by atoms with Crippen molar-refractivity contribution >= 4 is 5.91 Å². The zero-order valence-corrected chi connectivity index (χ0v) is 16.7. The van der Waals surface area contributed by atoms with E-state index in [9.17, 15) is 9.18 Å². The number of nitrogens with zero attached hydrogens (tertiary/aromatic N) is 1. The van der Waals surface area contributed by atoms with E-state index in [0.717, 1.165) is 13.0 Å². The van der Waals surface area contributed by atoms with Crippen LogP contribution in [0.1, 0.15) is 29.0 Å². The average molecular weight is 384 g/mol. The highest BCUT2D eigenvalue weighted by Gasteiger charge is 2.32. The number of hydrogen-bond acceptors (Lipinski definition) is 3. The van der Waals surface area contributed by atoms with Gasteiger partial charge in [-0.15, -0.1) is 0 Å². The summed E-state index contributed by atoms with van der Waals surface area (Å²) in [5.41, 5.74) is 3.13. The quantitative estimate of drug-likeness (QED) is 0.743. The van der Waals surface area contributed by atoms with Crippen LogP contribution in [-0.2, 0) is 16.1 Å². The first kappa shape index (κ1) is 20.5. The van der Waals surface area contributed by atoms with Crippen molar-refractivity contribution in [3.05, 3.63) is 71.0 Å². The van der Waals surface area contributed by atoms with Gasteiger partial charge in [-0.25, -0.2) is 4.39 Å². The van der Waals surface area contributed by atoms with Gasteiger partial charge in [0.1, 0.15) is 5.82 Å². The second-order valence-electron chi connectivity index (χ2n) is 7.61. The molecule has 1 saturated heterocycles. The van der Waals surface area contributed by atoms with E-state index in [4.69, 9.17) is 4.74 Å². The highest BCUT2D eigenvalue weighted by Crippen LogP contribution is 2.32. The van der Waals surface area contributed by atoms with Crippen molar-refractivity contribution in [2.45, 2.75) is 25.8 Å². The molecule has 5 heteroatoms. The molecule has 28 heavy (non-hydrogen) atoms. The number of ether oxygens (including phenoxy) is 1. The molecule has 4 nitrogen and oxygen atoms in total. The summed E-state index contributed by atoms with van der Waals surface area (Å²) in [5, 5.41) is 2.97. The first-order valence-electron chi connectivity index (χ1n) is 9.85. The predicted octanol–water partition coefficient (Wildman–Crippen LogP) is 3.50. The summed E-state index contributed by atoms with van der Waals surface area (Å²) in [7, 11) is 1.62. The van der Waals surface area contributed by atoms with Gasteiger partial charge in [-0.2, -0.15) is 0 Å². The van der Waals surface area contributed by atoms with E-state index in [1.54, 1.807) is 13.2 Å². The lowest BCUT2D eigenvalue weighted by Gasteiger charge is -2.37. The first-order valence-corrected chi connectivity index (χ1v) is 9.85. The van der Waals surface area contributed by atoms with Crippen molar-refractivity contribution in [2.75, 3.05) is 33.4 Å². The monoisotopic (exact) mass is 384 g/mol. The maximum absolute atomic E-state index is 14.2. The molecule has 1 aliphatic heterocycles. The van der Waals surface area contributed by atoms with Crippen molar-refractivity contribution < 1.29 is 13.9 Å². The predicted molar refractivity (Wildman–Crippen MR) is 109 cm³/mol. The summed E-state index contributed by atoms with van der Waals surface area (Å²) in [6, 6.07) is 15.3. The van der Waals surface area contributed by atoms with Crippen LogP contribution in [0.4, 0.5) is 4.39 Å². The van der Waals surface area contributed by atoms with Crippen LogP contribution >= 0.6 is 0 Å². The van der Waals surface area contributed by atoms with Crippen LogP contribution in [0.25, 0.3) is 0 Å². The Bertz CT molecular complexity index is 796. The molecule has 1 heterocycles. The number of nitrogens with one attached hydrogen (secondary N) is 1. The molecule has 1 amide bonds. The van der Waals surface area contributed by atoms with Crippen LogP contribution in [0.3, 0.4) is 0 Å². The van der Waals surface area contributed by atoms with Gasteiger partial charge in [0.2, 0.25) is 5.91 Å². The maximum Gasteiger partial charge on any atom is 0.224 e. The number of methoxy groups -OCH3 is 1. The summed E-state index contributed by atoms with van der Waals surface area (Å²) in [6.45, 7) is 5.05. The van der Waals surface area contributed by atoms with Crippen LogP contribution in [0.2, 0.25) is 0 Å². The molecule has 1 aliphatic rings. The van der Waals surface area contributed by atoms with Crippen LogP contribution in [0, 0.1) is 18.7 Å². The van der Waals surface area contributed by atoms with E-state index in [2.05, 4.69) is 41.4 Å². The van der Waals surface area contributed by atoms with Crippen molar-refractivity contribution in [3.8, 4) is 0 Å². The SMILES string of the molecule is COCCNC(=O)[C@H]1C[C@@H](c2cccc(C)c2)CN(Cc2ccccc2F)C1. The molecular weight excluding hydrogens is 355 g/mol. The Morgan fingerprint density at radius 3 is 2.79 bits per heavy atom. The van der Waals surface area contributed by atoms with Crippen molar-refractivity contribution in [1.29, 1.82) is 0 Å². The second kappa shape index (κ2) is 9.80. The third kappa shape index (κ3) is 5.40. The number of amides is 1. The van der Waals surface area contributed by atoms with E-state index in [1.165, 1.54) is 17.2 Å². The number of likely N-dealkylation sites (tertiary alicyclic amines) is 1. The molecule has 2 atom stereocenters. The molecule has 0 aromatic heterocycles. The van der Waals surface area contributed by atoms with Gasteiger partial charge in [0, 0.05) is 38.9 Å². The Morgan fingerprint density at radius 1 is 1.21 bits per heavy atom. The number of piperidine rings is 1. The Balaban J connectivity index is 1.77. The molecule has 3 rings (SSSR count). The molecule has 0 spiro atoms. The van der Waals surface area contributed by atoms with Gasteiger partial charge >= 0.3 is 0 Å². The summed E-state index contributed by atoms with van der Waals surface area (Å²) >= 11 is 0. The molecule has 1 fully saturated rings. The topological polar surface area (TPSA) is 41.6 Å². The zero-order chi connectivity index (χ0) is 19.9. The summed E-state index contributed by atoms with van der Waals surface area (Å²) < 4.78 is 19.2. The van der Waals surface area contributed by atoms with E-state index < -0.39 is 0 Å². The number of hydrogen-bond donors (Lipinski definition) is 1. The molecule has 0 bridgehead atoms. The molecule has 150 valence electrons. The Labute approximate surface area is 166 Å². The van der Waals surface area contributed by atoms with E-state index >= 15 is 0 Å². The summed E-state index contributed by atoms with van der Waals surface area (Å²) in [6.07, 6.45) is 0.802. The lowest BCUT2D eigenvalue weighted by atomic mass is 9.83.